The van der Waals surface area contributed by atoms with E-state index in [4.69, 9.17) is 28.9 Å². The van der Waals surface area contributed by atoms with Crippen LogP contribution in [0.4, 0.5) is 0 Å². The number of carbonyl (C=O) groups excluding carboxylic acids is 4. The van der Waals surface area contributed by atoms with Crippen LogP contribution in [0.5, 0.6) is 0 Å². The first-order valence-electron chi connectivity index (χ1n) is 16.7. The largest absolute Gasteiger partial charge is 0.469 e. The van der Waals surface area contributed by atoms with Crippen LogP contribution in [-0.2, 0) is 38.1 Å². The highest BCUT2D eigenvalue weighted by Gasteiger charge is 2.23. The quantitative estimate of drug-likeness (QED) is 0.127. The summed E-state index contributed by atoms with van der Waals surface area (Å²) in [5.41, 5.74) is 12.3. The van der Waals surface area contributed by atoms with Crippen LogP contribution in [0.3, 0.4) is 0 Å². The minimum absolute atomic E-state index is 0.153. The molecule has 0 atom stereocenters. The molecule has 12 nitrogen and oxygen atoms in total. The Bertz CT molecular complexity index is 2270. The summed E-state index contributed by atoms with van der Waals surface area (Å²) in [6.45, 7) is 7.81. The SMILES string of the molecule is COC(=O)/C=C/c1c(C)c2cc3[nH]c(cc4nc(cc5nc(cc1[nH]2)C(C)=C5CCC(=O)OC)C(CCC(=O)OC)=C4C)c(C)c3/C=C/C(=O)OC. The standard InChI is InChI=1S/C40H42N4O8/c1-21-25(9-13-37(45)49-5)33-18-31-23(3)26(10-14-38(46)50-6)34(43-31)19-32-24(4)28(12-16-40(48)52-8)36(44-32)20-35-27(11-15-39(47)51-7)22(2)30(42-35)17-29(21)41-33/h9-10,13-14,17-20,41,43H,11-12,15-16H2,1-8H3/b13-9+,14-10+,29-17?,30-17?,31-18?,32-19?,33-18?,34-19?,35-20?,36-20?. The van der Waals surface area contributed by atoms with Crippen molar-refractivity contribution in [2.45, 2.75) is 53.4 Å². The summed E-state index contributed by atoms with van der Waals surface area (Å²) in [5, 5.41) is 0. The summed E-state index contributed by atoms with van der Waals surface area (Å²) in [6.07, 6.45) is 7.21. The van der Waals surface area contributed by atoms with Crippen LogP contribution in [0, 0.1) is 13.8 Å². The number of nitrogens with one attached hydrogen (secondary N) is 2. The number of aromatic amines is 2. The fourth-order valence-corrected chi connectivity index (χ4v) is 6.30. The van der Waals surface area contributed by atoms with Crippen molar-refractivity contribution in [3.8, 4) is 0 Å². The van der Waals surface area contributed by atoms with Crippen molar-refractivity contribution in [1.82, 2.24) is 19.9 Å². The molecule has 0 saturated carbocycles. The molecule has 0 radical (unpaired) electrons. The maximum Gasteiger partial charge on any atom is 0.330 e. The molecule has 270 valence electrons. The van der Waals surface area contributed by atoms with E-state index in [9.17, 15) is 19.2 Å². The van der Waals surface area contributed by atoms with Crippen LogP contribution in [0.15, 0.2) is 36.4 Å². The molecular weight excluding hydrogens is 664 g/mol. The van der Waals surface area contributed by atoms with Gasteiger partial charge >= 0.3 is 23.9 Å². The van der Waals surface area contributed by atoms with Gasteiger partial charge in [0, 0.05) is 58.2 Å². The molecule has 2 aliphatic heterocycles. The van der Waals surface area contributed by atoms with Crippen LogP contribution in [0.2, 0.25) is 0 Å². The van der Waals surface area contributed by atoms with Crippen molar-refractivity contribution in [1.29, 1.82) is 0 Å². The van der Waals surface area contributed by atoms with E-state index in [0.29, 0.717) is 46.7 Å². The Morgan fingerprint density at radius 1 is 0.558 bits per heavy atom. The molecule has 0 fully saturated rings. The molecule has 12 heteroatoms. The lowest BCUT2D eigenvalue weighted by Crippen LogP contribution is -2.01. The van der Waals surface area contributed by atoms with Gasteiger partial charge in [-0.05, 0) is 110 Å². The van der Waals surface area contributed by atoms with Crippen molar-refractivity contribution < 1.29 is 38.1 Å². The second kappa shape index (κ2) is 15.9. The van der Waals surface area contributed by atoms with Crippen molar-refractivity contribution in [2.24, 2.45) is 0 Å². The van der Waals surface area contributed by atoms with Gasteiger partial charge in [0.25, 0.3) is 0 Å². The Morgan fingerprint density at radius 2 is 0.962 bits per heavy atom. The van der Waals surface area contributed by atoms with Crippen LogP contribution in [-0.4, -0.2) is 72.3 Å². The fraction of sp³-hybridized carbons (Fsp3) is 0.300. The summed E-state index contributed by atoms with van der Waals surface area (Å²) >= 11 is 0. The molecule has 0 spiro atoms. The van der Waals surface area contributed by atoms with Gasteiger partial charge in [-0.2, -0.15) is 0 Å². The predicted octanol–water partition coefficient (Wildman–Crippen LogP) is 7.07. The van der Waals surface area contributed by atoms with E-state index in [-0.39, 0.29) is 24.8 Å². The number of carbonyl (C=O) groups is 4. The van der Waals surface area contributed by atoms with Crippen molar-refractivity contribution >= 4 is 80.4 Å². The van der Waals surface area contributed by atoms with E-state index >= 15 is 0 Å². The summed E-state index contributed by atoms with van der Waals surface area (Å²) in [5.74, 6) is -1.68. The maximum atomic E-state index is 12.3. The Morgan fingerprint density at radius 3 is 1.38 bits per heavy atom. The summed E-state index contributed by atoms with van der Waals surface area (Å²) in [4.78, 5) is 66.0. The van der Waals surface area contributed by atoms with E-state index in [2.05, 4.69) is 9.97 Å². The second-order valence-corrected chi connectivity index (χ2v) is 12.4. The highest BCUT2D eigenvalue weighted by molar-refractivity contribution is 5.98. The van der Waals surface area contributed by atoms with E-state index in [0.717, 1.165) is 55.6 Å². The summed E-state index contributed by atoms with van der Waals surface area (Å²) in [7, 11) is 5.36. The molecule has 3 aromatic rings. The third-order valence-corrected chi connectivity index (χ3v) is 9.42. The Kier molecular flexibility index (Phi) is 11.4. The zero-order valence-corrected chi connectivity index (χ0v) is 30.6. The van der Waals surface area contributed by atoms with Gasteiger partial charge < -0.3 is 28.9 Å². The molecule has 0 unspecified atom stereocenters. The van der Waals surface area contributed by atoms with Crippen LogP contribution in [0.25, 0.3) is 56.5 Å². The van der Waals surface area contributed by atoms with Gasteiger partial charge in [-0.3, -0.25) is 9.59 Å². The number of aryl methyl sites for hydroxylation is 2. The van der Waals surface area contributed by atoms with Crippen molar-refractivity contribution in [3.63, 3.8) is 0 Å². The number of hydrogen-bond acceptors (Lipinski definition) is 10. The number of fused-ring (bicyclic) bond motifs is 8. The number of esters is 4. The number of nitrogens with zero attached hydrogens (tertiary/aromatic N) is 2. The zero-order valence-electron chi connectivity index (χ0n) is 30.6. The predicted molar refractivity (Wildman–Crippen MR) is 200 cm³/mol. The molecular formula is C40H42N4O8. The van der Waals surface area contributed by atoms with Gasteiger partial charge in [0.2, 0.25) is 0 Å². The first kappa shape index (κ1) is 37.2. The lowest BCUT2D eigenvalue weighted by molar-refractivity contribution is -0.141. The van der Waals surface area contributed by atoms with E-state index in [1.165, 1.54) is 40.6 Å². The number of rotatable bonds is 10. The van der Waals surface area contributed by atoms with Gasteiger partial charge in [-0.15, -0.1) is 0 Å². The number of hydrogen-bond donors (Lipinski definition) is 2. The van der Waals surface area contributed by atoms with Gasteiger partial charge in [-0.25, -0.2) is 19.6 Å². The number of ether oxygens (including phenoxy) is 4. The van der Waals surface area contributed by atoms with Gasteiger partial charge in [-0.1, -0.05) is 0 Å². The molecule has 2 aliphatic rings. The summed E-state index contributed by atoms with van der Waals surface area (Å²) in [6, 6.07) is 7.70. The minimum Gasteiger partial charge on any atom is -0.469 e. The molecule has 3 aromatic heterocycles. The maximum absolute atomic E-state index is 12.3. The molecule has 8 bridgehead atoms. The minimum atomic E-state index is -0.504. The number of aromatic nitrogens is 4. The topological polar surface area (TPSA) is 163 Å². The van der Waals surface area contributed by atoms with Gasteiger partial charge in [0.1, 0.15) is 0 Å². The molecule has 0 aromatic carbocycles. The number of H-pyrrole nitrogens is 2. The molecule has 2 N–H and O–H groups in total. The second-order valence-electron chi connectivity index (χ2n) is 12.4. The van der Waals surface area contributed by atoms with Crippen molar-refractivity contribution in [3.05, 3.63) is 81.4 Å². The fourth-order valence-electron chi connectivity index (χ4n) is 6.30. The van der Waals surface area contributed by atoms with Crippen LogP contribution in [0.1, 0.15) is 84.6 Å². The lowest BCUT2D eigenvalue weighted by Gasteiger charge is -2.06. The number of allylic oxidation sites excluding steroid dienone is 4. The van der Waals surface area contributed by atoms with Crippen LogP contribution >= 0.6 is 0 Å². The molecule has 5 heterocycles. The van der Waals surface area contributed by atoms with E-state index < -0.39 is 11.9 Å². The summed E-state index contributed by atoms with van der Waals surface area (Å²) < 4.78 is 19.6. The Labute approximate surface area is 301 Å². The van der Waals surface area contributed by atoms with E-state index in [1.807, 2.05) is 52.0 Å². The van der Waals surface area contributed by atoms with E-state index in [1.54, 1.807) is 12.2 Å². The Hall–Kier alpha value is -6.04. The lowest BCUT2D eigenvalue weighted by atomic mass is 9.98. The highest BCUT2D eigenvalue weighted by atomic mass is 16.5. The monoisotopic (exact) mass is 706 g/mol. The van der Waals surface area contributed by atoms with Gasteiger partial charge in [0.15, 0.2) is 0 Å². The van der Waals surface area contributed by atoms with Crippen molar-refractivity contribution in [2.75, 3.05) is 28.4 Å². The third kappa shape index (κ3) is 7.80. The van der Waals surface area contributed by atoms with Gasteiger partial charge in [0.05, 0.1) is 51.2 Å². The first-order valence-corrected chi connectivity index (χ1v) is 16.7. The number of methoxy groups -OCH3 is 4. The average Bonchev–Trinajstić information content (AvgIpc) is 3.80. The normalized spacial score (nSPS) is 12.9. The average molecular weight is 707 g/mol. The smallest absolute Gasteiger partial charge is 0.330 e. The first-order chi connectivity index (χ1) is 24.9. The zero-order chi connectivity index (χ0) is 37.7. The molecule has 5 rings (SSSR count). The molecule has 0 saturated heterocycles. The molecule has 0 amide bonds. The van der Waals surface area contributed by atoms with Crippen LogP contribution < -0.4 is 0 Å². The highest BCUT2D eigenvalue weighted by Crippen LogP contribution is 2.38. The Balaban J connectivity index is 1.92. The molecule has 52 heavy (non-hydrogen) atoms. The molecule has 0 aliphatic carbocycles. The third-order valence-electron chi connectivity index (χ3n) is 9.42.